The molecule has 108 valence electrons. The van der Waals surface area contributed by atoms with E-state index in [1.54, 1.807) is 6.07 Å². The molecule has 0 aromatic heterocycles. The van der Waals surface area contributed by atoms with Gasteiger partial charge in [0.2, 0.25) is 0 Å². The Morgan fingerprint density at radius 2 is 2.00 bits per heavy atom. The van der Waals surface area contributed by atoms with Crippen molar-refractivity contribution in [1.82, 2.24) is 0 Å². The second-order valence-electron chi connectivity index (χ2n) is 7.21. The van der Waals surface area contributed by atoms with Crippen LogP contribution in [0.4, 0.5) is 8.78 Å². The summed E-state index contributed by atoms with van der Waals surface area (Å²) in [7, 11) is 0. The standard InChI is InChI=1S/C17H21F2N/c18-12-5-4-10(16(19)7-12)8-17(20)9-11-6-15(17)14-3-1-2-13(11)14/h4-5,7,11,13-15H,1-3,6,8-9,20H2. The summed E-state index contributed by atoms with van der Waals surface area (Å²) in [4.78, 5) is 0. The summed E-state index contributed by atoms with van der Waals surface area (Å²) in [6.45, 7) is 0. The van der Waals surface area contributed by atoms with Gasteiger partial charge < -0.3 is 5.73 Å². The zero-order chi connectivity index (χ0) is 13.9. The Bertz CT molecular complexity index is 544. The van der Waals surface area contributed by atoms with Crippen molar-refractivity contribution in [2.75, 3.05) is 0 Å². The maximum Gasteiger partial charge on any atom is 0.129 e. The maximum atomic E-state index is 13.9. The van der Waals surface area contributed by atoms with Crippen LogP contribution < -0.4 is 5.73 Å². The van der Waals surface area contributed by atoms with E-state index in [-0.39, 0.29) is 5.54 Å². The van der Waals surface area contributed by atoms with E-state index in [1.165, 1.54) is 31.7 Å². The fraction of sp³-hybridized carbons (Fsp3) is 0.647. The van der Waals surface area contributed by atoms with Crippen molar-refractivity contribution in [2.24, 2.45) is 29.4 Å². The van der Waals surface area contributed by atoms with E-state index < -0.39 is 11.6 Å². The van der Waals surface area contributed by atoms with Crippen molar-refractivity contribution in [3.8, 4) is 0 Å². The highest BCUT2D eigenvalue weighted by atomic mass is 19.1. The Labute approximate surface area is 118 Å². The Hall–Kier alpha value is -0.960. The molecule has 0 aliphatic heterocycles. The smallest absolute Gasteiger partial charge is 0.129 e. The molecule has 4 rings (SSSR count). The van der Waals surface area contributed by atoms with Crippen LogP contribution in [0, 0.1) is 35.3 Å². The molecular formula is C17H21F2N. The summed E-state index contributed by atoms with van der Waals surface area (Å²) in [5.41, 5.74) is 6.99. The molecule has 2 N–H and O–H groups in total. The normalized spacial score (nSPS) is 42.1. The van der Waals surface area contributed by atoms with Gasteiger partial charge in [0.1, 0.15) is 11.6 Å². The van der Waals surface area contributed by atoms with Crippen molar-refractivity contribution in [2.45, 2.75) is 44.1 Å². The van der Waals surface area contributed by atoms with Gasteiger partial charge in [-0.05, 0) is 67.4 Å². The average Bonchev–Trinajstić information content (AvgIpc) is 3.03. The molecule has 2 bridgehead atoms. The van der Waals surface area contributed by atoms with Crippen LogP contribution in [0.1, 0.15) is 37.7 Å². The minimum Gasteiger partial charge on any atom is -0.325 e. The second kappa shape index (κ2) is 4.27. The third kappa shape index (κ3) is 1.75. The Kier molecular flexibility index (Phi) is 2.72. The summed E-state index contributed by atoms with van der Waals surface area (Å²) < 4.78 is 26.9. The van der Waals surface area contributed by atoms with Gasteiger partial charge in [-0.1, -0.05) is 12.5 Å². The highest BCUT2D eigenvalue weighted by Crippen LogP contribution is 2.62. The lowest BCUT2D eigenvalue weighted by atomic mass is 9.69. The van der Waals surface area contributed by atoms with Gasteiger partial charge in [-0.15, -0.1) is 0 Å². The quantitative estimate of drug-likeness (QED) is 0.877. The SMILES string of the molecule is NC1(Cc2ccc(F)cc2F)CC2CC1C1CCCC21. The van der Waals surface area contributed by atoms with Crippen LogP contribution in [0.5, 0.6) is 0 Å². The molecule has 1 aromatic rings. The van der Waals surface area contributed by atoms with E-state index in [0.29, 0.717) is 17.9 Å². The highest BCUT2D eigenvalue weighted by molar-refractivity contribution is 5.24. The summed E-state index contributed by atoms with van der Waals surface area (Å²) >= 11 is 0. The summed E-state index contributed by atoms with van der Waals surface area (Å²) in [6.07, 6.45) is 6.82. The number of hydrogen-bond acceptors (Lipinski definition) is 1. The molecule has 5 unspecified atom stereocenters. The van der Waals surface area contributed by atoms with Crippen LogP contribution in [0.2, 0.25) is 0 Å². The van der Waals surface area contributed by atoms with Crippen LogP contribution in [0.25, 0.3) is 0 Å². The Balaban J connectivity index is 1.60. The van der Waals surface area contributed by atoms with Gasteiger partial charge in [0.15, 0.2) is 0 Å². The molecule has 20 heavy (non-hydrogen) atoms. The molecule has 0 heterocycles. The van der Waals surface area contributed by atoms with Crippen molar-refractivity contribution >= 4 is 0 Å². The first kappa shape index (κ1) is 12.8. The summed E-state index contributed by atoms with van der Waals surface area (Å²) in [6, 6.07) is 3.88. The first-order valence-electron chi connectivity index (χ1n) is 7.80. The molecule has 1 aromatic carbocycles. The third-order valence-corrected chi connectivity index (χ3v) is 6.22. The predicted molar refractivity (Wildman–Crippen MR) is 74.0 cm³/mol. The fourth-order valence-corrected chi connectivity index (χ4v) is 5.54. The van der Waals surface area contributed by atoms with Crippen molar-refractivity contribution in [3.63, 3.8) is 0 Å². The van der Waals surface area contributed by atoms with Crippen LogP contribution in [0.3, 0.4) is 0 Å². The zero-order valence-electron chi connectivity index (χ0n) is 11.6. The lowest BCUT2D eigenvalue weighted by molar-refractivity contribution is 0.155. The number of rotatable bonds is 2. The summed E-state index contributed by atoms with van der Waals surface area (Å²) in [5.74, 6) is 1.99. The van der Waals surface area contributed by atoms with E-state index in [9.17, 15) is 8.78 Å². The van der Waals surface area contributed by atoms with E-state index in [2.05, 4.69) is 0 Å². The van der Waals surface area contributed by atoms with Crippen molar-refractivity contribution < 1.29 is 8.78 Å². The Morgan fingerprint density at radius 3 is 2.80 bits per heavy atom. The minimum absolute atomic E-state index is 0.269. The molecule has 3 aliphatic rings. The maximum absolute atomic E-state index is 13.9. The van der Waals surface area contributed by atoms with Crippen molar-refractivity contribution in [1.29, 1.82) is 0 Å². The highest BCUT2D eigenvalue weighted by Gasteiger charge is 2.59. The molecule has 0 saturated heterocycles. The van der Waals surface area contributed by atoms with E-state index in [4.69, 9.17) is 5.73 Å². The first-order chi connectivity index (χ1) is 9.57. The molecule has 0 radical (unpaired) electrons. The molecule has 3 fully saturated rings. The van der Waals surface area contributed by atoms with Crippen LogP contribution in [0.15, 0.2) is 18.2 Å². The van der Waals surface area contributed by atoms with Gasteiger partial charge in [0.05, 0.1) is 0 Å². The molecule has 3 heteroatoms. The summed E-state index contributed by atoms with van der Waals surface area (Å²) in [5, 5.41) is 0. The van der Waals surface area contributed by atoms with Crippen LogP contribution >= 0.6 is 0 Å². The molecule has 3 aliphatic carbocycles. The molecule has 0 spiro atoms. The van der Waals surface area contributed by atoms with Gasteiger partial charge >= 0.3 is 0 Å². The predicted octanol–water partition coefficient (Wildman–Crippen LogP) is 3.66. The van der Waals surface area contributed by atoms with E-state index in [0.717, 1.165) is 30.2 Å². The van der Waals surface area contributed by atoms with E-state index >= 15 is 0 Å². The molecule has 1 nitrogen and oxygen atoms in total. The molecule has 5 atom stereocenters. The van der Waals surface area contributed by atoms with Gasteiger partial charge in [-0.25, -0.2) is 8.78 Å². The molecular weight excluding hydrogens is 256 g/mol. The van der Waals surface area contributed by atoms with Gasteiger partial charge in [-0.2, -0.15) is 0 Å². The number of benzene rings is 1. The van der Waals surface area contributed by atoms with Crippen molar-refractivity contribution in [3.05, 3.63) is 35.4 Å². The van der Waals surface area contributed by atoms with Gasteiger partial charge in [0.25, 0.3) is 0 Å². The monoisotopic (exact) mass is 277 g/mol. The van der Waals surface area contributed by atoms with Gasteiger partial charge in [0, 0.05) is 11.6 Å². The minimum atomic E-state index is -0.513. The third-order valence-electron chi connectivity index (χ3n) is 6.22. The molecule has 3 saturated carbocycles. The fourth-order valence-electron chi connectivity index (χ4n) is 5.54. The first-order valence-corrected chi connectivity index (χ1v) is 7.80. The largest absolute Gasteiger partial charge is 0.325 e. The zero-order valence-corrected chi connectivity index (χ0v) is 11.6. The lowest BCUT2D eigenvalue weighted by Gasteiger charge is -2.40. The number of fused-ring (bicyclic) bond motifs is 5. The lowest BCUT2D eigenvalue weighted by Crippen LogP contribution is -2.51. The Morgan fingerprint density at radius 1 is 1.20 bits per heavy atom. The van der Waals surface area contributed by atoms with Gasteiger partial charge in [-0.3, -0.25) is 0 Å². The second-order valence-corrected chi connectivity index (χ2v) is 7.21. The number of nitrogens with two attached hydrogens (primary N) is 1. The van der Waals surface area contributed by atoms with Crippen LogP contribution in [-0.2, 0) is 6.42 Å². The number of hydrogen-bond donors (Lipinski definition) is 1. The number of halogens is 2. The topological polar surface area (TPSA) is 26.0 Å². The van der Waals surface area contributed by atoms with E-state index in [1.807, 2.05) is 0 Å². The average molecular weight is 277 g/mol. The molecule has 0 amide bonds. The van der Waals surface area contributed by atoms with Crippen LogP contribution in [-0.4, -0.2) is 5.54 Å².